The van der Waals surface area contributed by atoms with E-state index in [4.69, 9.17) is 17.0 Å². The summed E-state index contributed by atoms with van der Waals surface area (Å²) in [5.74, 6) is 1.87. The van der Waals surface area contributed by atoms with Crippen molar-refractivity contribution in [2.45, 2.75) is 5.75 Å². The largest absolute Gasteiger partial charge is 0.470 e. The number of hydrogen-bond donors (Lipinski definition) is 1. The maximum atomic E-state index is 5.19. The van der Waals surface area contributed by atoms with E-state index in [1.54, 1.807) is 18.8 Å². The van der Waals surface area contributed by atoms with E-state index in [2.05, 4.69) is 9.69 Å². The van der Waals surface area contributed by atoms with E-state index >= 15 is 0 Å². The molecule has 0 saturated carbocycles. The predicted octanol–water partition coefficient (Wildman–Crippen LogP) is 1.90. The lowest BCUT2D eigenvalue weighted by molar-refractivity contribution is 0.327. The average Bonchev–Trinajstić information content (AvgIpc) is 2.69. The van der Waals surface area contributed by atoms with Gasteiger partial charge in [-0.05, 0) is 29.8 Å². The number of ether oxygens (including phenoxy) is 1. The van der Waals surface area contributed by atoms with Gasteiger partial charge >= 0.3 is 0 Å². The molecule has 1 rings (SSSR count). The Morgan fingerprint density at radius 1 is 1.79 bits per heavy atom. The van der Waals surface area contributed by atoms with Crippen LogP contribution in [-0.2, 0) is 10.5 Å². The van der Waals surface area contributed by atoms with Crippen LogP contribution in [0, 0.1) is 0 Å². The van der Waals surface area contributed by atoms with Crippen molar-refractivity contribution in [2.24, 2.45) is 0 Å². The molecule has 0 unspecified atom stereocenters. The Bertz CT molecular complexity index is 264. The van der Waals surface area contributed by atoms with Gasteiger partial charge < -0.3 is 10.1 Å². The third-order valence-electron chi connectivity index (χ3n) is 1.41. The molecule has 0 fully saturated rings. The van der Waals surface area contributed by atoms with Crippen molar-refractivity contribution in [3.05, 3.63) is 17.1 Å². The third kappa shape index (κ3) is 4.78. The Morgan fingerprint density at radius 3 is 3.29 bits per heavy atom. The highest BCUT2D eigenvalue weighted by atomic mass is 32.2. The number of rotatable bonds is 5. The van der Waals surface area contributed by atoms with Crippen LogP contribution in [0.2, 0.25) is 0 Å². The number of thiocarbonyl (C=S) groups is 1. The van der Waals surface area contributed by atoms with Crippen molar-refractivity contribution in [2.75, 3.05) is 19.4 Å². The summed E-state index contributed by atoms with van der Waals surface area (Å²) < 4.78 is 9.40. The minimum Gasteiger partial charge on any atom is -0.470 e. The van der Waals surface area contributed by atoms with Gasteiger partial charge in [-0.15, -0.1) is 0 Å². The minimum absolute atomic E-state index is 0.458. The molecular formula is C8H12N2OS3. The second-order valence-corrected chi connectivity index (χ2v) is 4.57. The van der Waals surface area contributed by atoms with Gasteiger partial charge in [-0.25, -0.2) is 0 Å². The number of thioether (sulfide) groups is 1. The molecule has 1 heterocycles. The molecular weight excluding hydrogens is 236 g/mol. The van der Waals surface area contributed by atoms with Crippen LogP contribution in [0.5, 0.6) is 0 Å². The van der Waals surface area contributed by atoms with Crippen molar-refractivity contribution in [3.63, 3.8) is 0 Å². The van der Waals surface area contributed by atoms with Gasteiger partial charge in [0.15, 0.2) is 0 Å². The van der Waals surface area contributed by atoms with E-state index in [0.717, 1.165) is 17.2 Å². The third-order valence-corrected chi connectivity index (χ3v) is 3.28. The molecule has 0 saturated heterocycles. The maximum Gasteiger partial charge on any atom is 0.256 e. The average molecular weight is 248 g/mol. The van der Waals surface area contributed by atoms with Crippen molar-refractivity contribution >= 4 is 40.7 Å². The van der Waals surface area contributed by atoms with Crippen LogP contribution in [0.25, 0.3) is 0 Å². The summed E-state index contributed by atoms with van der Waals surface area (Å²) >= 11 is 8.11. The molecule has 1 N–H and O–H groups in total. The molecule has 1 aromatic rings. The smallest absolute Gasteiger partial charge is 0.256 e. The predicted molar refractivity (Wildman–Crippen MR) is 65.9 cm³/mol. The van der Waals surface area contributed by atoms with E-state index in [-0.39, 0.29) is 0 Å². The van der Waals surface area contributed by atoms with E-state index in [1.807, 2.05) is 11.4 Å². The summed E-state index contributed by atoms with van der Waals surface area (Å²) in [6.45, 7) is 0.647. The lowest BCUT2D eigenvalue weighted by atomic mass is 10.5. The van der Waals surface area contributed by atoms with Gasteiger partial charge in [0.05, 0.1) is 12.3 Å². The fourth-order valence-corrected chi connectivity index (χ4v) is 2.17. The molecule has 0 spiro atoms. The first-order chi connectivity index (χ1) is 6.83. The van der Waals surface area contributed by atoms with Gasteiger partial charge in [-0.1, -0.05) is 0 Å². The van der Waals surface area contributed by atoms with Gasteiger partial charge in [0.25, 0.3) is 5.17 Å². The molecule has 0 aliphatic rings. The molecule has 3 nitrogen and oxygen atoms in total. The highest BCUT2D eigenvalue weighted by Crippen LogP contribution is 2.11. The summed E-state index contributed by atoms with van der Waals surface area (Å²) in [7, 11) is 1.75. The first kappa shape index (κ1) is 11.7. The second kappa shape index (κ2) is 7.03. The van der Waals surface area contributed by atoms with Crippen molar-refractivity contribution in [3.8, 4) is 0 Å². The van der Waals surface area contributed by atoms with Gasteiger partial charge in [0.1, 0.15) is 0 Å². The van der Waals surface area contributed by atoms with Gasteiger partial charge in [0.2, 0.25) is 0 Å². The van der Waals surface area contributed by atoms with E-state index in [1.165, 1.54) is 11.5 Å². The Hall–Kier alpha value is -0.330. The molecule has 0 amide bonds. The lowest BCUT2D eigenvalue weighted by Crippen LogP contribution is -2.19. The van der Waals surface area contributed by atoms with Crippen LogP contribution in [-0.4, -0.2) is 29.0 Å². The highest BCUT2D eigenvalue weighted by molar-refractivity contribution is 7.98. The van der Waals surface area contributed by atoms with Crippen LogP contribution in [0.15, 0.2) is 11.4 Å². The molecule has 0 radical (unpaired) electrons. The normalized spacial score (nSPS) is 9.79. The molecule has 0 bridgehead atoms. The van der Waals surface area contributed by atoms with Crippen molar-refractivity contribution in [1.29, 1.82) is 0 Å². The fraction of sp³-hybridized carbons (Fsp3) is 0.500. The molecule has 1 aromatic heterocycles. The van der Waals surface area contributed by atoms with Crippen LogP contribution in [0.4, 0.5) is 0 Å². The SMILES string of the molecule is CNC(=S)OCCSCc1ccsn1. The van der Waals surface area contributed by atoms with Crippen molar-refractivity contribution < 1.29 is 4.74 Å². The number of nitrogens with one attached hydrogen (secondary N) is 1. The van der Waals surface area contributed by atoms with Crippen LogP contribution in [0.3, 0.4) is 0 Å². The fourth-order valence-electron chi connectivity index (χ4n) is 0.754. The molecule has 0 aliphatic carbocycles. The Balaban J connectivity index is 1.97. The van der Waals surface area contributed by atoms with Gasteiger partial charge in [-0.2, -0.15) is 16.1 Å². The molecule has 6 heteroatoms. The first-order valence-electron chi connectivity index (χ1n) is 4.14. The number of aromatic nitrogens is 1. The zero-order valence-corrected chi connectivity index (χ0v) is 10.3. The van der Waals surface area contributed by atoms with Crippen molar-refractivity contribution in [1.82, 2.24) is 9.69 Å². The molecule has 0 aliphatic heterocycles. The molecule has 14 heavy (non-hydrogen) atoms. The zero-order chi connectivity index (χ0) is 10.2. The Kier molecular flexibility index (Phi) is 5.89. The molecule has 78 valence electrons. The number of nitrogens with zero attached hydrogens (tertiary/aromatic N) is 1. The topological polar surface area (TPSA) is 34.1 Å². The summed E-state index contributed by atoms with van der Waals surface area (Å²) in [6.07, 6.45) is 0. The summed E-state index contributed by atoms with van der Waals surface area (Å²) in [5, 5.41) is 5.20. The second-order valence-electron chi connectivity index (χ2n) is 2.43. The Labute approximate surface area is 97.4 Å². The van der Waals surface area contributed by atoms with Gasteiger partial charge in [-0.3, -0.25) is 0 Å². The standard InChI is InChI=1S/C8H12N2OS3/c1-9-8(12)11-3-5-13-6-7-2-4-14-10-7/h2,4H,3,5-6H2,1H3,(H,9,12). The lowest BCUT2D eigenvalue weighted by Gasteiger charge is -2.05. The maximum absolute atomic E-state index is 5.19. The molecule has 0 aromatic carbocycles. The summed E-state index contributed by atoms with van der Waals surface area (Å²) in [5.41, 5.74) is 1.14. The van der Waals surface area contributed by atoms with E-state index in [9.17, 15) is 0 Å². The van der Waals surface area contributed by atoms with E-state index in [0.29, 0.717) is 11.8 Å². The summed E-state index contributed by atoms with van der Waals surface area (Å²) in [4.78, 5) is 0. The monoisotopic (exact) mass is 248 g/mol. The molecule has 0 atom stereocenters. The summed E-state index contributed by atoms with van der Waals surface area (Å²) in [6, 6.07) is 2.04. The Morgan fingerprint density at radius 2 is 2.64 bits per heavy atom. The van der Waals surface area contributed by atoms with Crippen LogP contribution in [0.1, 0.15) is 5.69 Å². The van der Waals surface area contributed by atoms with Crippen LogP contribution < -0.4 is 5.32 Å². The van der Waals surface area contributed by atoms with Crippen LogP contribution >= 0.6 is 35.5 Å². The minimum atomic E-state index is 0.458. The first-order valence-corrected chi connectivity index (χ1v) is 6.54. The number of hydrogen-bond acceptors (Lipinski definition) is 5. The van der Waals surface area contributed by atoms with E-state index < -0.39 is 0 Å². The highest BCUT2D eigenvalue weighted by Gasteiger charge is 1.96. The van der Waals surface area contributed by atoms with Gasteiger partial charge in [0, 0.05) is 23.9 Å². The quantitative estimate of drug-likeness (QED) is 0.636. The zero-order valence-electron chi connectivity index (χ0n) is 7.86.